The summed E-state index contributed by atoms with van der Waals surface area (Å²) < 4.78 is 5.28. The fraction of sp³-hybridized carbons (Fsp3) is 0.235. The first kappa shape index (κ1) is 15.9. The van der Waals surface area contributed by atoms with E-state index in [4.69, 9.17) is 27.9 Å². The van der Waals surface area contributed by atoms with Gasteiger partial charge in [-0.25, -0.2) is 4.79 Å². The number of hydrogen-bond acceptors (Lipinski definition) is 2. The normalized spacial score (nSPS) is 10.8. The highest BCUT2D eigenvalue weighted by molar-refractivity contribution is 6.37. The molecule has 0 unspecified atom stereocenters. The number of hydrogen-bond donors (Lipinski definition) is 0. The van der Waals surface area contributed by atoms with E-state index in [1.807, 2.05) is 31.2 Å². The van der Waals surface area contributed by atoms with Crippen LogP contribution in [0.15, 0.2) is 36.4 Å². The SMILES string of the molecule is Cc1cccc(-c2c(Cl)cc(Cl)cc2C(=O)OC(C)C)c1. The number of carbonyl (C=O) groups is 1. The Morgan fingerprint density at radius 2 is 1.86 bits per heavy atom. The largest absolute Gasteiger partial charge is 0.459 e. The molecule has 0 N–H and O–H groups in total. The maximum atomic E-state index is 12.3. The predicted octanol–water partition coefficient (Wildman–Crippen LogP) is 5.53. The number of rotatable bonds is 3. The van der Waals surface area contributed by atoms with Crippen molar-refractivity contribution in [2.24, 2.45) is 0 Å². The number of aryl methyl sites for hydroxylation is 1. The Labute approximate surface area is 134 Å². The van der Waals surface area contributed by atoms with Crippen LogP contribution in [0.3, 0.4) is 0 Å². The molecule has 0 aliphatic heterocycles. The van der Waals surface area contributed by atoms with Gasteiger partial charge in [-0.05, 0) is 38.5 Å². The molecule has 0 aromatic heterocycles. The van der Waals surface area contributed by atoms with Crippen molar-refractivity contribution in [2.75, 3.05) is 0 Å². The molecule has 2 rings (SSSR count). The van der Waals surface area contributed by atoms with Gasteiger partial charge in [0.1, 0.15) is 0 Å². The summed E-state index contributed by atoms with van der Waals surface area (Å²) in [5.74, 6) is -0.425. The lowest BCUT2D eigenvalue weighted by atomic mass is 9.98. The summed E-state index contributed by atoms with van der Waals surface area (Å²) in [5.41, 5.74) is 2.98. The van der Waals surface area contributed by atoms with Crippen molar-refractivity contribution in [3.8, 4) is 11.1 Å². The van der Waals surface area contributed by atoms with E-state index in [-0.39, 0.29) is 6.10 Å². The van der Waals surface area contributed by atoms with Gasteiger partial charge in [-0.3, -0.25) is 0 Å². The van der Waals surface area contributed by atoms with Crippen LogP contribution in [0.25, 0.3) is 11.1 Å². The summed E-state index contributed by atoms with van der Waals surface area (Å²) in [5, 5.41) is 0.843. The van der Waals surface area contributed by atoms with Crippen molar-refractivity contribution in [1.82, 2.24) is 0 Å². The highest BCUT2D eigenvalue weighted by Gasteiger charge is 2.19. The van der Waals surface area contributed by atoms with Gasteiger partial charge in [0.05, 0.1) is 16.7 Å². The van der Waals surface area contributed by atoms with Gasteiger partial charge in [0.15, 0.2) is 0 Å². The summed E-state index contributed by atoms with van der Waals surface area (Å²) in [6.07, 6.45) is -0.208. The quantitative estimate of drug-likeness (QED) is 0.694. The van der Waals surface area contributed by atoms with Gasteiger partial charge >= 0.3 is 5.97 Å². The minimum Gasteiger partial charge on any atom is -0.459 e. The molecule has 0 aliphatic rings. The van der Waals surface area contributed by atoms with E-state index in [0.717, 1.165) is 11.1 Å². The van der Waals surface area contributed by atoms with Crippen LogP contribution in [0, 0.1) is 6.92 Å². The van der Waals surface area contributed by atoms with Crippen molar-refractivity contribution in [3.63, 3.8) is 0 Å². The van der Waals surface area contributed by atoms with Crippen LogP contribution in [-0.2, 0) is 4.74 Å². The van der Waals surface area contributed by atoms with Crippen molar-refractivity contribution < 1.29 is 9.53 Å². The van der Waals surface area contributed by atoms with Gasteiger partial charge < -0.3 is 4.74 Å². The van der Waals surface area contributed by atoms with Crippen molar-refractivity contribution >= 4 is 29.2 Å². The highest BCUT2D eigenvalue weighted by atomic mass is 35.5. The lowest BCUT2D eigenvalue weighted by Crippen LogP contribution is -2.13. The lowest BCUT2D eigenvalue weighted by molar-refractivity contribution is 0.0379. The van der Waals surface area contributed by atoms with Crippen LogP contribution >= 0.6 is 23.2 Å². The smallest absolute Gasteiger partial charge is 0.339 e. The molecule has 2 aromatic carbocycles. The minimum atomic E-state index is -0.425. The van der Waals surface area contributed by atoms with E-state index in [9.17, 15) is 4.79 Å². The monoisotopic (exact) mass is 322 g/mol. The molecular formula is C17H16Cl2O2. The summed E-state index contributed by atoms with van der Waals surface area (Å²) in [4.78, 5) is 12.3. The van der Waals surface area contributed by atoms with E-state index >= 15 is 0 Å². The van der Waals surface area contributed by atoms with Crippen LogP contribution in [0.4, 0.5) is 0 Å². The molecule has 0 spiro atoms. The Kier molecular flexibility index (Phi) is 4.92. The summed E-state index contributed by atoms with van der Waals surface area (Å²) in [6, 6.07) is 11.0. The molecule has 0 bridgehead atoms. The van der Waals surface area contributed by atoms with Crippen LogP contribution in [0.2, 0.25) is 10.0 Å². The fourth-order valence-electron chi connectivity index (χ4n) is 2.11. The molecule has 0 aliphatic carbocycles. The standard InChI is InChI=1S/C17H16Cl2O2/c1-10(2)21-17(20)14-8-13(18)9-15(19)16(14)12-6-4-5-11(3)7-12/h4-10H,1-3H3. The van der Waals surface area contributed by atoms with Crippen LogP contribution < -0.4 is 0 Å². The molecule has 0 radical (unpaired) electrons. The summed E-state index contributed by atoms with van der Waals surface area (Å²) in [7, 11) is 0. The van der Waals surface area contributed by atoms with E-state index in [0.29, 0.717) is 21.2 Å². The first-order valence-electron chi connectivity index (χ1n) is 6.65. The molecule has 0 atom stereocenters. The average Bonchev–Trinajstić information content (AvgIpc) is 2.36. The molecule has 0 fully saturated rings. The maximum absolute atomic E-state index is 12.3. The highest BCUT2D eigenvalue weighted by Crippen LogP contribution is 2.35. The zero-order chi connectivity index (χ0) is 15.6. The van der Waals surface area contributed by atoms with E-state index in [1.54, 1.807) is 26.0 Å². The van der Waals surface area contributed by atoms with Gasteiger partial charge in [0.2, 0.25) is 0 Å². The number of ether oxygens (including phenoxy) is 1. The number of carbonyl (C=O) groups excluding carboxylic acids is 1. The van der Waals surface area contributed by atoms with E-state index < -0.39 is 5.97 Å². The van der Waals surface area contributed by atoms with E-state index in [2.05, 4.69) is 0 Å². The molecule has 4 heteroatoms. The number of halogens is 2. The molecule has 110 valence electrons. The van der Waals surface area contributed by atoms with Gasteiger partial charge in [-0.15, -0.1) is 0 Å². The third-order valence-corrected chi connectivity index (χ3v) is 3.44. The second kappa shape index (κ2) is 6.50. The van der Waals surface area contributed by atoms with Crippen molar-refractivity contribution in [2.45, 2.75) is 26.9 Å². The maximum Gasteiger partial charge on any atom is 0.339 e. The molecule has 0 saturated heterocycles. The van der Waals surface area contributed by atoms with Gasteiger partial charge in [0.25, 0.3) is 0 Å². The van der Waals surface area contributed by atoms with Gasteiger partial charge in [-0.2, -0.15) is 0 Å². The first-order chi connectivity index (χ1) is 9.88. The summed E-state index contributed by atoms with van der Waals surface area (Å²) >= 11 is 12.3. The lowest BCUT2D eigenvalue weighted by Gasteiger charge is -2.14. The van der Waals surface area contributed by atoms with Crippen molar-refractivity contribution in [1.29, 1.82) is 0 Å². The molecule has 0 amide bonds. The third-order valence-electron chi connectivity index (χ3n) is 2.92. The van der Waals surface area contributed by atoms with Crippen LogP contribution in [0.5, 0.6) is 0 Å². The number of benzene rings is 2. The first-order valence-corrected chi connectivity index (χ1v) is 7.41. The fourth-order valence-corrected chi connectivity index (χ4v) is 2.71. The molecule has 0 saturated carbocycles. The Balaban J connectivity index is 2.61. The third kappa shape index (κ3) is 3.78. The zero-order valence-electron chi connectivity index (χ0n) is 12.1. The minimum absolute atomic E-state index is 0.208. The van der Waals surface area contributed by atoms with Crippen LogP contribution in [0.1, 0.15) is 29.8 Å². The molecule has 2 aromatic rings. The Hall–Kier alpha value is -1.51. The predicted molar refractivity (Wildman–Crippen MR) is 87.2 cm³/mol. The molecule has 2 nitrogen and oxygen atoms in total. The average molecular weight is 323 g/mol. The Morgan fingerprint density at radius 3 is 2.48 bits per heavy atom. The molecule has 21 heavy (non-hydrogen) atoms. The molecular weight excluding hydrogens is 307 g/mol. The zero-order valence-corrected chi connectivity index (χ0v) is 13.6. The second-order valence-electron chi connectivity index (χ2n) is 5.13. The second-order valence-corrected chi connectivity index (χ2v) is 5.98. The Bertz CT molecular complexity index is 678. The van der Waals surface area contributed by atoms with Crippen molar-refractivity contribution in [3.05, 3.63) is 57.6 Å². The molecule has 0 heterocycles. The van der Waals surface area contributed by atoms with E-state index in [1.165, 1.54) is 0 Å². The number of esters is 1. The topological polar surface area (TPSA) is 26.3 Å². The Morgan fingerprint density at radius 1 is 1.14 bits per heavy atom. The summed E-state index contributed by atoms with van der Waals surface area (Å²) in [6.45, 7) is 5.59. The van der Waals surface area contributed by atoms with Gasteiger partial charge in [-0.1, -0.05) is 53.0 Å². The van der Waals surface area contributed by atoms with Crippen LogP contribution in [-0.4, -0.2) is 12.1 Å². The van der Waals surface area contributed by atoms with Gasteiger partial charge in [0, 0.05) is 10.6 Å².